The van der Waals surface area contributed by atoms with Gasteiger partial charge in [-0.1, -0.05) is 36.0 Å². The summed E-state index contributed by atoms with van der Waals surface area (Å²) in [5.41, 5.74) is 5.13. The summed E-state index contributed by atoms with van der Waals surface area (Å²) in [5, 5.41) is 14.3. The molecule has 20 heavy (non-hydrogen) atoms. The number of rotatable bonds is 6. The molecule has 0 amide bonds. The van der Waals surface area contributed by atoms with Gasteiger partial charge in [0.15, 0.2) is 0 Å². The highest BCUT2D eigenvalue weighted by atomic mass is 32.1. The zero-order valence-electron chi connectivity index (χ0n) is 12.8. The van der Waals surface area contributed by atoms with Crippen molar-refractivity contribution in [3.05, 3.63) is 33.8 Å². The van der Waals surface area contributed by atoms with Crippen molar-refractivity contribution in [2.24, 2.45) is 0 Å². The Hall–Kier alpha value is -1.26. The summed E-state index contributed by atoms with van der Waals surface area (Å²) in [6.07, 6.45) is 2.13. The van der Waals surface area contributed by atoms with Crippen LogP contribution >= 0.6 is 11.3 Å². The summed E-state index contributed by atoms with van der Waals surface area (Å²) >= 11 is 1.72. The topological polar surface area (TPSA) is 37.8 Å². The van der Waals surface area contributed by atoms with Gasteiger partial charge < -0.3 is 5.32 Å². The van der Waals surface area contributed by atoms with E-state index in [9.17, 15) is 0 Å². The van der Waals surface area contributed by atoms with Gasteiger partial charge in [0.2, 0.25) is 0 Å². The van der Waals surface area contributed by atoms with Gasteiger partial charge in [0, 0.05) is 18.5 Å². The van der Waals surface area contributed by atoms with Crippen molar-refractivity contribution in [3.8, 4) is 10.6 Å². The van der Waals surface area contributed by atoms with Crippen LogP contribution in [0, 0.1) is 20.8 Å². The predicted molar refractivity (Wildman–Crippen MR) is 86.4 cm³/mol. The molecule has 0 radical (unpaired) electrons. The average Bonchev–Trinajstić information content (AvgIpc) is 2.82. The van der Waals surface area contributed by atoms with Gasteiger partial charge in [-0.15, -0.1) is 10.2 Å². The fourth-order valence-electron chi connectivity index (χ4n) is 2.47. The van der Waals surface area contributed by atoms with E-state index in [1.165, 1.54) is 28.7 Å². The Labute approximate surface area is 125 Å². The van der Waals surface area contributed by atoms with Crippen molar-refractivity contribution in [2.75, 3.05) is 13.1 Å². The predicted octanol–water partition coefficient (Wildman–Crippen LogP) is 3.67. The van der Waals surface area contributed by atoms with E-state index in [4.69, 9.17) is 0 Å². The highest BCUT2D eigenvalue weighted by Crippen LogP contribution is 2.30. The van der Waals surface area contributed by atoms with Crippen LogP contribution in [0.1, 0.15) is 35.0 Å². The maximum atomic E-state index is 4.38. The SMILES string of the molecule is CCCNCCc1nnc(-c2c(C)cc(C)cc2C)s1. The van der Waals surface area contributed by atoms with Crippen LogP contribution in [0.15, 0.2) is 12.1 Å². The summed E-state index contributed by atoms with van der Waals surface area (Å²) in [4.78, 5) is 0. The molecule has 1 heterocycles. The maximum Gasteiger partial charge on any atom is 0.148 e. The molecule has 4 heteroatoms. The van der Waals surface area contributed by atoms with Crippen molar-refractivity contribution in [1.29, 1.82) is 0 Å². The fourth-order valence-corrected chi connectivity index (χ4v) is 3.48. The van der Waals surface area contributed by atoms with Gasteiger partial charge in [-0.25, -0.2) is 0 Å². The van der Waals surface area contributed by atoms with Crippen LogP contribution < -0.4 is 5.32 Å². The second-order valence-corrected chi connectivity index (χ2v) is 6.34. The van der Waals surface area contributed by atoms with E-state index >= 15 is 0 Å². The summed E-state index contributed by atoms with van der Waals surface area (Å²) in [6.45, 7) is 10.7. The Morgan fingerprint density at radius 1 is 1.05 bits per heavy atom. The van der Waals surface area contributed by atoms with Gasteiger partial charge in [0.25, 0.3) is 0 Å². The summed E-state index contributed by atoms with van der Waals surface area (Å²) in [5.74, 6) is 0. The lowest BCUT2D eigenvalue weighted by Crippen LogP contribution is -2.17. The van der Waals surface area contributed by atoms with Gasteiger partial charge in [-0.2, -0.15) is 0 Å². The molecule has 0 fully saturated rings. The average molecular weight is 289 g/mol. The standard InChI is InChI=1S/C16H23N3S/c1-5-7-17-8-6-14-18-19-16(20-14)15-12(3)9-11(2)10-13(15)4/h9-10,17H,5-8H2,1-4H3. The monoisotopic (exact) mass is 289 g/mol. The smallest absolute Gasteiger partial charge is 0.148 e. The third kappa shape index (κ3) is 3.64. The molecule has 0 saturated carbocycles. The van der Waals surface area contributed by atoms with E-state index in [-0.39, 0.29) is 0 Å². The largest absolute Gasteiger partial charge is 0.316 e. The van der Waals surface area contributed by atoms with E-state index < -0.39 is 0 Å². The van der Waals surface area contributed by atoms with Crippen LogP contribution in [0.3, 0.4) is 0 Å². The molecule has 0 atom stereocenters. The van der Waals surface area contributed by atoms with Crippen molar-refractivity contribution in [3.63, 3.8) is 0 Å². The van der Waals surface area contributed by atoms with Crippen molar-refractivity contribution in [2.45, 2.75) is 40.5 Å². The molecule has 0 aliphatic heterocycles. The Kier molecular flexibility index (Phi) is 5.26. The van der Waals surface area contributed by atoms with E-state index in [2.05, 4.69) is 55.3 Å². The molecular weight excluding hydrogens is 266 g/mol. The minimum atomic E-state index is 0.960. The zero-order chi connectivity index (χ0) is 14.5. The second kappa shape index (κ2) is 6.95. The van der Waals surface area contributed by atoms with Crippen molar-refractivity contribution >= 4 is 11.3 Å². The third-order valence-corrected chi connectivity index (χ3v) is 4.30. The minimum absolute atomic E-state index is 0.960. The normalized spacial score (nSPS) is 11.0. The summed E-state index contributed by atoms with van der Waals surface area (Å²) < 4.78 is 0. The number of nitrogens with one attached hydrogen (secondary N) is 1. The van der Waals surface area contributed by atoms with E-state index in [1.807, 2.05) is 0 Å². The maximum absolute atomic E-state index is 4.38. The van der Waals surface area contributed by atoms with Crippen LogP contribution in [-0.4, -0.2) is 23.3 Å². The molecule has 1 aromatic heterocycles. The van der Waals surface area contributed by atoms with Gasteiger partial charge >= 0.3 is 0 Å². The van der Waals surface area contributed by atoms with Gasteiger partial charge in [0.1, 0.15) is 10.0 Å². The number of benzene rings is 1. The zero-order valence-corrected chi connectivity index (χ0v) is 13.6. The van der Waals surface area contributed by atoms with Crippen LogP contribution in [0.25, 0.3) is 10.6 Å². The van der Waals surface area contributed by atoms with Crippen LogP contribution in [0.4, 0.5) is 0 Å². The first-order chi connectivity index (χ1) is 9.61. The first-order valence-electron chi connectivity index (χ1n) is 7.23. The third-order valence-electron chi connectivity index (χ3n) is 3.30. The molecule has 3 nitrogen and oxygen atoms in total. The molecule has 0 spiro atoms. The molecule has 108 valence electrons. The van der Waals surface area contributed by atoms with E-state index in [0.29, 0.717) is 0 Å². The van der Waals surface area contributed by atoms with Gasteiger partial charge in [-0.05, 0) is 44.9 Å². The molecule has 0 bridgehead atoms. The molecule has 2 aromatic rings. The number of aromatic nitrogens is 2. The van der Waals surface area contributed by atoms with Gasteiger partial charge in [-0.3, -0.25) is 0 Å². The molecule has 0 saturated heterocycles. The van der Waals surface area contributed by atoms with Crippen molar-refractivity contribution in [1.82, 2.24) is 15.5 Å². The minimum Gasteiger partial charge on any atom is -0.316 e. The number of hydrogen-bond acceptors (Lipinski definition) is 4. The second-order valence-electron chi connectivity index (χ2n) is 5.27. The Morgan fingerprint density at radius 3 is 2.40 bits per heavy atom. The summed E-state index contributed by atoms with van der Waals surface area (Å²) in [7, 11) is 0. The highest BCUT2D eigenvalue weighted by molar-refractivity contribution is 7.14. The number of nitrogens with zero attached hydrogens (tertiary/aromatic N) is 2. The van der Waals surface area contributed by atoms with E-state index in [0.717, 1.165) is 29.5 Å². The Balaban J connectivity index is 2.13. The van der Waals surface area contributed by atoms with Crippen LogP contribution in [-0.2, 0) is 6.42 Å². The highest BCUT2D eigenvalue weighted by Gasteiger charge is 2.12. The molecule has 0 aliphatic rings. The lowest BCUT2D eigenvalue weighted by Gasteiger charge is -2.07. The molecule has 1 aromatic carbocycles. The lowest BCUT2D eigenvalue weighted by atomic mass is 10.0. The first-order valence-corrected chi connectivity index (χ1v) is 8.04. The summed E-state index contributed by atoms with van der Waals surface area (Å²) in [6, 6.07) is 4.43. The van der Waals surface area contributed by atoms with Crippen LogP contribution in [0.2, 0.25) is 0 Å². The van der Waals surface area contributed by atoms with Gasteiger partial charge in [0.05, 0.1) is 0 Å². The molecular formula is C16H23N3S. The quantitative estimate of drug-likeness (QED) is 0.824. The van der Waals surface area contributed by atoms with Crippen molar-refractivity contribution < 1.29 is 0 Å². The first kappa shape index (κ1) is 15.1. The Bertz CT molecular complexity index is 552. The molecule has 2 rings (SSSR count). The molecule has 0 aliphatic carbocycles. The molecule has 0 unspecified atom stereocenters. The van der Waals surface area contributed by atoms with E-state index in [1.54, 1.807) is 11.3 Å². The fraction of sp³-hybridized carbons (Fsp3) is 0.500. The number of aryl methyl sites for hydroxylation is 3. The Morgan fingerprint density at radius 2 is 1.75 bits per heavy atom. The number of hydrogen-bond donors (Lipinski definition) is 1. The molecule has 1 N–H and O–H groups in total. The lowest BCUT2D eigenvalue weighted by molar-refractivity contribution is 0.668. The van der Waals surface area contributed by atoms with Crippen LogP contribution in [0.5, 0.6) is 0 Å².